The molecule has 2 aromatic carbocycles. The molecular formula is C25H22F3N3O3. The zero-order valence-corrected chi connectivity index (χ0v) is 18.3. The minimum atomic E-state index is -4.77. The van der Waals surface area contributed by atoms with Gasteiger partial charge in [-0.2, -0.15) is 0 Å². The van der Waals surface area contributed by atoms with Crippen molar-refractivity contribution in [3.8, 4) is 5.75 Å². The number of nitrogens with zero attached hydrogens (tertiary/aromatic N) is 2. The molecule has 1 aliphatic rings. The molecule has 0 unspecified atom stereocenters. The van der Waals surface area contributed by atoms with Crippen LogP contribution in [0.5, 0.6) is 5.75 Å². The lowest BCUT2D eigenvalue weighted by molar-refractivity contribution is -0.274. The zero-order valence-electron chi connectivity index (χ0n) is 18.3. The average Bonchev–Trinajstić information content (AvgIpc) is 3.04. The Morgan fingerprint density at radius 1 is 1.06 bits per heavy atom. The third-order valence-corrected chi connectivity index (χ3v) is 5.84. The van der Waals surface area contributed by atoms with Crippen LogP contribution in [0.15, 0.2) is 72.9 Å². The molecule has 0 aliphatic carbocycles. The molecule has 176 valence electrons. The second-order valence-corrected chi connectivity index (χ2v) is 8.02. The largest absolute Gasteiger partial charge is 0.573 e. The Kier molecular flexibility index (Phi) is 6.28. The van der Waals surface area contributed by atoms with E-state index in [9.17, 15) is 22.8 Å². The summed E-state index contributed by atoms with van der Waals surface area (Å²) in [5, 5.41) is 2.83. The molecular weight excluding hydrogens is 447 g/mol. The number of hydrogen-bond donors (Lipinski definition) is 1. The van der Waals surface area contributed by atoms with E-state index in [2.05, 4.69) is 15.0 Å². The van der Waals surface area contributed by atoms with Crippen LogP contribution in [0, 0.1) is 0 Å². The number of benzene rings is 2. The highest BCUT2D eigenvalue weighted by Crippen LogP contribution is 2.39. The number of amides is 2. The third kappa shape index (κ3) is 4.73. The average molecular weight is 469 g/mol. The summed E-state index contributed by atoms with van der Waals surface area (Å²) >= 11 is 0. The number of alkyl halides is 3. The van der Waals surface area contributed by atoms with Crippen LogP contribution >= 0.6 is 0 Å². The van der Waals surface area contributed by atoms with Gasteiger partial charge >= 0.3 is 6.36 Å². The predicted molar refractivity (Wildman–Crippen MR) is 118 cm³/mol. The summed E-state index contributed by atoms with van der Waals surface area (Å²) in [4.78, 5) is 32.5. The molecule has 1 aliphatic heterocycles. The van der Waals surface area contributed by atoms with Gasteiger partial charge in [-0.25, -0.2) is 0 Å². The van der Waals surface area contributed by atoms with Crippen molar-refractivity contribution in [2.75, 3.05) is 6.54 Å². The highest BCUT2D eigenvalue weighted by atomic mass is 19.4. The number of aromatic nitrogens is 1. The van der Waals surface area contributed by atoms with Crippen molar-refractivity contribution in [1.29, 1.82) is 0 Å². The normalized spacial score (nSPS) is 17.4. The first-order valence-electron chi connectivity index (χ1n) is 10.6. The summed E-state index contributed by atoms with van der Waals surface area (Å²) in [7, 11) is 0. The van der Waals surface area contributed by atoms with Crippen molar-refractivity contribution in [3.63, 3.8) is 0 Å². The maximum absolute atomic E-state index is 13.4. The molecule has 1 N–H and O–H groups in total. The lowest BCUT2D eigenvalue weighted by Crippen LogP contribution is -2.53. The highest BCUT2D eigenvalue weighted by molar-refractivity contribution is 6.06. The Morgan fingerprint density at radius 2 is 1.76 bits per heavy atom. The number of nitrogens with one attached hydrogen (secondary N) is 1. The number of halogens is 3. The standard InChI is InChI=1S/C25H22F3N3O3/c1-24(23(33)30-16-17-9-11-19(12-10-17)34-25(26,27)28)21-8-3-2-7-20(21)22(32)31(24)15-13-18-6-4-5-14-29-18/h2-12,14H,13,15-16H2,1H3,(H,30,33)/t24-/m0/s1. The number of rotatable bonds is 7. The summed E-state index contributed by atoms with van der Waals surface area (Å²) in [6, 6.07) is 17.8. The molecule has 0 radical (unpaired) electrons. The molecule has 1 atom stereocenters. The molecule has 34 heavy (non-hydrogen) atoms. The first-order valence-corrected chi connectivity index (χ1v) is 10.6. The van der Waals surface area contributed by atoms with Crippen LogP contribution in [0.4, 0.5) is 13.2 Å². The van der Waals surface area contributed by atoms with E-state index >= 15 is 0 Å². The predicted octanol–water partition coefficient (Wildman–Crippen LogP) is 4.21. The fourth-order valence-corrected chi connectivity index (χ4v) is 4.09. The fraction of sp³-hybridized carbons (Fsp3) is 0.240. The first-order chi connectivity index (χ1) is 16.2. The van der Waals surface area contributed by atoms with Crippen molar-refractivity contribution < 1.29 is 27.5 Å². The number of hydrogen-bond acceptors (Lipinski definition) is 4. The summed E-state index contributed by atoms with van der Waals surface area (Å²) in [6.45, 7) is 2.06. The maximum Gasteiger partial charge on any atom is 0.573 e. The van der Waals surface area contributed by atoms with Crippen molar-refractivity contribution in [2.24, 2.45) is 0 Å². The van der Waals surface area contributed by atoms with E-state index in [0.29, 0.717) is 23.1 Å². The molecule has 0 fully saturated rings. The first kappa shape index (κ1) is 23.3. The van der Waals surface area contributed by atoms with E-state index < -0.39 is 11.9 Å². The Balaban J connectivity index is 1.51. The molecule has 0 spiro atoms. The fourth-order valence-electron chi connectivity index (χ4n) is 4.09. The monoisotopic (exact) mass is 469 g/mol. The van der Waals surface area contributed by atoms with E-state index in [0.717, 1.165) is 5.69 Å². The van der Waals surface area contributed by atoms with Crippen molar-refractivity contribution >= 4 is 11.8 Å². The van der Waals surface area contributed by atoms with Gasteiger partial charge in [0.2, 0.25) is 0 Å². The lowest BCUT2D eigenvalue weighted by atomic mass is 9.90. The number of pyridine rings is 1. The van der Waals surface area contributed by atoms with E-state index in [4.69, 9.17) is 0 Å². The second-order valence-electron chi connectivity index (χ2n) is 8.02. The minimum Gasteiger partial charge on any atom is -0.406 e. The number of ether oxygens (including phenoxy) is 1. The van der Waals surface area contributed by atoms with Gasteiger partial charge in [-0.3, -0.25) is 14.6 Å². The van der Waals surface area contributed by atoms with E-state index in [1.54, 1.807) is 48.4 Å². The molecule has 6 nitrogen and oxygen atoms in total. The topological polar surface area (TPSA) is 71.5 Å². The molecule has 4 rings (SSSR count). The van der Waals surface area contributed by atoms with E-state index in [1.807, 2.05) is 12.1 Å². The number of carbonyl (C=O) groups is 2. The Hall–Kier alpha value is -3.88. The van der Waals surface area contributed by atoms with E-state index in [1.165, 1.54) is 24.3 Å². The second kappa shape index (κ2) is 9.17. The SMILES string of the molecule is C[C@@]1(C(=O)NCc2ccc(OC(F)(F)F)cc2)c2ccccc2C(=O)N1CCc1ccccn1. The Bertz CT molecular complexity index is 1180. The van der Waals surface area contributed by atoms with Gasteiger partial charge < -0.3 is 15.0 Å². The van der Waals surface area contributed by atoms with Crippen LogP contribution in [0.3, 0.4) is 0 Å². The zero-order chi connectivity index (χ0) is 24.3. The van der Waals surface area contributed by atoms with Gasteiger partial charge in [0.1, 0.15) is 11.3 Å². The summed E-state index contributed by atoms with van der Waals surface area (Å²) in [5.74, 6) is -0.967. The third-order valence-electron chi connectivity index (χ3n) is 5.84. The van der Waals surface area contributed by atoms with Gasteiger partial charge in [0.15, 0.2) is 0 Å². The lowest BCUT2D eigenvalue weighted by Gasteiger charge is -2.34. The van der Waals surface area contributed by atoms with Gasteiger partial charge in [-0.05, 0) is 48.4 Å². The van der Waals surface area contributed by atoms with Gasteiger partial charge in [0, 0.05) is 37.0 Å². The summed E-state index contributed by atoms with van der Waals surface area (Å²) < 4.78 is 40.9. The van der Waals surface area contributed by atoms with Gasteiger partial charge in [-0.15, -0.1) is 13.2 Å². The van der Waals surface area contributed by atoms with Crippen LogP contribution in [0.2, 0.25) is 0 Å². The molecule has 0 saturated heterocycles. The van der Waals surface area contributed by atoms with E-state index in [-0.39, 0.29) is 30.7 Å². The van der Waals surface area contributed by atoms with Crippen LogP contribution in [-0.4, -0.2) is 34.6 Å². The molecule has 9 heteroatoms. The maximum atomic E-state index is 13.4. The van der Waals surface area contributed by atoms with Gasteiger partial charge in [-0.1, -0.05) is 36.4 Å². The van der Waals surface area contributed by atoms with Crippen molar-refractivity contribution in [1.82, 2.24) is 15.2 Å². The summed E-state index contributed by atoms with van der Waals surface area (Å²) in [6.07, 6.45) is -2.62. The molecule has 2 amide bonds. The Morgan fingerprint density at radius 3 is 2.44 bits per heavy atom. The number of carbonyl (C=O) groups excluding carboxylic acids is 2. The van der Waals surface area contributed by atoms with Gasteiger partial charge in [0.05, 0.1) is 0 Å². The quantitative estimate of drug-likeness (QED) is 0.563. The molecule has 2 heterocycles. The van der Waals surface area contributed by atoms with Crippen molar-refractivity contribution in [3.05, 3.63) is 95.3 Å². The van der Waals surface area contributed by atoms with Crippen LogP contribution in [0.25, 0.3) is 0 Å². The van der Waals surface area contributed by atoms with Crippen LogP contribution in [0.1, 0.15) is 34.1 Å². The molecule has 1 aromatic heterocycles. The highest BCUT2D eigenvalue weighted by Gasteiger charge is 2.51. The van der Waals surface area contributed by atoms with Crippen LogP contribution in [-0.2, 0) is 23.3 Å². The van der Waals surface area contributed by atoms with Crippen LogP contribution < -0.4 is 10.1 Å². The van der Waals surface area contributed by atoms with Gasteiger partial charge in [0.25, 0.3) is 11.8 Å². The molecule has 0 bridgehead atoms. The summed E-state index contributed by atoms with van der Waals surface area (Å²) in [5.41, 5.74) is 1.21. The molecule has 0 saturated carbocycles. The minimum absolute atomic E-state index is 0.0746. The van der Waals surface area contributed by atoms with Crippen molar-refractivity contribution in [2.45, 2.75) is 31.8 Å². The number of fused-ring (bicyclic) bond motifs is 1. The molecule has 3 aromatic rings. The Labute approximate surface area is 194 Å². The smallest absolute Gasteiger partial charge is 0.406 e.